The van der Waals surface area contributed by atoms with Gasteiger partial charge in [-0.05, 0) is 85.7 Å². The van der Waals surface area contributed by atoms with Crippen molar-refractivity contribution in [2.45, 2.75) is 56.2 Å². The van der Waals surface area contributed by atoms with E-state index in [4.69, 9.17) is 33.0 Å². The lowest BCUT2D eigenvalue weighted by Crippen LogP contribution is -2.53. The molecule has 1 saturated carbocycles. The highest BCUT2D eigenvalue weighted by atomic mass is 35.5. The molecule has 7 rings (SSSR count). The smallest absolute Gasteiger partial charge is 0.508 e. The van der Waals surface area contributed by atoms with E-state index in [2.05, 4.69) is 10.2 Å². The van der Waals surface area contributed by atoms with Gasteiger partial charge in [-0.1, -0.05) is 53.4 Å². The molecule has 3 fully saturated rings. The average molecular weight is 831 g/mol. The molecule has 3 N–H and O–H groups in total. The minimum Gasteiger partial charge on any atom is -0.508 e. The van der Waals surface area contributed by atoms with E-state index in [1.54, 1.807) is 30.3 Å². The number of aromatic hydroxyl groups is 1. The zero-order valence-electron chi connectivity index (χ0n) is 30.2. The first-order valence-corrected chi connectivity index (χ1v) is 18.9. The second-order valence-corrected chi connectivity index (χ2v) is 15.4. The Kier molecular flexibility index (Phi) is 10.7. The van der Waals surface area contributed by atoms with Crippen LogP contribution in [0.4, 0.5) is 18.9 Å². The van der Waals surface area contributed by atoms with Gasteiger partial charge in [0.15, 0.2) is 0 Å². The van der Waals surface area contributed by atoms with Crippen molar-refractivity contribution in [3.8, 4) is 17.2 Å². The normalized spacial score (nSPS) is 25.5. The third kappa shape index (κ3) is 7.05. The predicted molar refractivity (Wildman–Crippen MR) is 198 cm³/mol. The molecule has 57 heavy (non-hydrogen) atoms. The molecule has 2 aliphatic heterocycles. The number of hydrogen-bond donors (Lipinski definition) is 3. The molecule has 2 aliphatic carbocycles. The summed E-state index contributed by atoms with van der Waals surface area (Å²) in [6.45, 7) is 0.0452. The molecule has 0 spiro atoms. The van der Waals surface area contributed by atoms with Crippen LogP contribution in [0.1, 0.15) is 55.6 Å². The number of carboxylic acid groups (broad SMARTS) is 1. The summed E-state index contributed by atoms with van der Waals surface area (Å²) < 4.78 is 50.5. The van der Waals surface area contributed by atoms with E-state index in [0.717, 1.165) is 28.1 Å². The number of phenols is 1. The molecular formula is C40H36Cl2F3N3O9. The number of methoxy groups -OCH3 is 1. The number of hydrazine groups is 1. The third-order valence-corrected chi connectivity index (χ3v) is 12.0. The Morgan fingerprint density at radius 2 is 1.65 bits per heavy atom. The van der Waals surface area contributed by atoms with Crippen LogP contribution in [0.3, 0.4) is 0 Å². The second kappa shape index (κ2) is 15.2. The van der Waals surface area contributed by atoms with Crippen molar-refractivity contribution < 1.29 is 56.8 Å². The summed E-state index contributed by atoms with van der Waals surface area (Å²) in [5.74, 6) is -9.65. The molecule has 6 unspecified atom stereocenters. The van der Waals surface area contributed by atoms with Gasteiger partial charge >= 0.3 is 12.3 Å². The van der Waals surface area contributed by atoms with Gasteiger partial charge in [0.25, 0.3) is 11.8 Å². The molecular weight excluding hydrogens is 794 g/mol. The van der Waals surface area contributed by atoms with Gasteiger partial charge in [-0.25, -0.2) is 0 Å². The molecule has 0 radical (unpaired) electrons. The highest BCUT2D eigenvalue weighted by molar-refractivity contribution is 6.36. The van der Waals surface area contributed by atoms with Crippen molar-refractivity contribution in [3.05, 3.63) is 93.5 Å². The summed E-state index contributed by atoms with van der Waals surface area (Å²) in [6, 6.07) is 13.5. The molecule has 3 aromatic carbocycles. The average Bonchev–Trinajstić information content (AvgIpc) is 3.53. The van der Waals surface area contributed by atoms with E-state index in [1.807, 2.05) is 0 Å². The highest BCUT2D eigenvalue weighted by Crippen LogP contribution is 2.65. The van der Waals surface area contributed by atoms with Crippen molar-refractivity contribution >= 4 is 58.5 Å². The van der Waals surface area contributed by atoms with E-state index in [0.29, 0.717) is 30.6 Å². The first-order chi connectivity index (χ1) is 27.1. The number of aliphatic carboxylic acids is 1. The van der Waals surface area contributed by atoms with Gasteiger partial charge in [0, 0.05) is 29.5 Å². The predicted octanol–water partition coefficient (Wildman–Crippen LogP) is 7.24. The second-order valence-electron chi connectivity index (χ2n) is 14.5. The van der Waals surface area contributed by atoms with Crippen LogP contribution in [0.5, 0.6) is 17.2 Å². The fraction of sp³-hybridized carbons (Fsp3) is 0.375. The summed E-state index contributed by atoms with van der Waals surface area (Å²) in [6.07, 6.45) is -2.42. The Labute approximate surface area is 334 Å². The molecule has 0 aromatic heterocycles. The number of ether oxygens (including phenoxy) is 2. The zero-order valence-corrected chi connectivity index (χ0v) is 31.7. The number of nitrogens with zero attached hydrogens (tertiary/aromatic N) is 2. The topological polar surface area (TPSA) is 163 Å². The molecule has 17 heteroatoms. The lowest BCUT2D eigenvalue weighted by atomic mass is 9.49. The van der Waals surface area contributed by atoms with Crippen molar-refractivity contribution in [1.82, 2.24) is 9.91 Å². The van der Waals surface area contributed by atoms with E-state index < -0.39 is 82.5 Å². The summed E-state index contributed by atoms with van der Waals surface area (Å²) in [5, 5.41) is 21.7. The van der Waals surface area contributed by atoms with Gasteiger partial charge in [-0.15, -0.1) is 13.2 Å². The zero-order chi connectivity index (χ0) is 41.0. The Morgan fingerprint density at radius 3 is 2.32 bits per heavy atom. The fourth-order valence-corrected chi connectivity index (χ4v) is 9.61. The number of hydrogen-bond acceptors (Lipinski definition) is 9. The largest absolute Gasteiger partial charge is 0.573 e. The highest BCUT2D eigenvalue weighted by Gasteiger charge is 2.70. The number of rotatable bonds is 12. The summed E-state index contributed by atoms with van der Waals surface area (Å²) in [5.41, 5.74) is 1.50. The van der Waals surface area contributed by atoms with E-state index in [1.165, 1.54) is 25.3 Å². The summed E-state index contributed by atoms with van der Waals surface area (Å²) in [4.78, 5) is 70.5. The first-order valence-electron chi connectivity index (χ1n) is 18.2. The fourth-order valence-electron chi connectivity index (χ4n) is 9.16. The Hall–Kier alpha value is -5.28. The number of imide groups is 2. The number of carbonyl (C=O) groups excluding carboxylic acids is 4. The summed E-state index contributed by atoms with van der Waals surface area (Å²) in [7, 11) is 1.43. The lowest BCUT2D eigenvalue weighted by molar-refractivity contribution is -0.274. The number of phenolic OH excluding ortho intramolecular Hbond substituents is 1. The van der Waals surface area contributed by atoms with Gasteiger partial charge in [0.2, 0.25) is 11.8 Å². The standard InChI is InChI=1S/C40H36Cl2F3N3O9/c1-56-22-9-6-20(7-10-22)39-28(36(53)48(38(39)55)46-30-14-8-21(41)17-29(30)42)19-26-24(34(39)27-18-23(11-15-31(27)49)57-40(43,44)45)12-13-25-33(26)37(54)47(35(25)52)16-4-2-3-5-32(50)51/h6-12,14-15,17-18,25-26,28,33-34,46,49H,2-5,13,16,19H2,1H3,(H,50,51). The quantitative estimate of drug-likeness (QED) is 0.0964. The van der Waals surface area contributed by atoms with Gasteiger partial charge in [-0.2, -0.15) is 5.01 Å². The maximum atomic E-state index is 15.4. The molecule has 300 valence electrons. The maximum Gasteiger partial charge on any atom is 0.573 e. The van der Waals surface area contributed by atoms with Crippen LogP contribution in [-0.4, -0.2) is 69.7 Å². The number of fused-ring (bicyclic) bond motifs is 4. The monoisotopic (exact) mass is 829 g/mol. The number of alkyl halides is 3. The molecule has 6 atom stereocenters. The van der Waals surface area contributed by atoms with Gasteiger partial charge in [0.1, 0.15) is 17.2 Å². The Morgan fingerprint density at radius 1 is 0.930 bits per heavy atom. The Bertz CT molecular complexity index is 2180. The van der Waals surface area contributed by atoms with Crippen LogP contribution in [0.25, 0.3) is 0 Å². The number of amides is 4. The van der Waals surface area contributed by atoms with Gasteiger partial charge in [-0.3, -0.25) is 34.3 Å². The third-order valence-electron chi connectivity index (χ3n) is 11.5. The van der Waals surface area contributed by atoms with Crippen molar-refractivity contribution in [2.75, 3.05) is 19.1 Å². The van der Waals surface area contributed by atoms with Crippen molar-refractivity contribution in [2.24, 2.45) is 23.7 Å². The van der Waals surface area contributed by atoms with Crippen molar-refractivity contribution in [3.63, 3.8) is 0 Å². The molecule has 2 saturated heterocycles. The van der Waals surface area contributed by atoms with Crippen LogP contribution < -0.4 is 14.9 Å². The van der Waals surface area contributed by atoms with Gasteiger partial charge < -0.3 is 19.7 Å². The molecule has 0 bridgehead atoms. The number of carboxylic acids is 1. The minimum absolute atomic E-state index is 0.0282. The van der Waals surface area contributed by atoms with Crippen LogP contribution in [0, 0.1) is 23.7 Å². The number of anilines is 1. The van der Waals surface area contributed by atoms with Crippen LogP contribution >= 0.6 is 23.2 Å². The number of halogens is 5. The SMILES string of the molecule is COc1ccc(C23C(=O)N(Nc4ccc(Cl)cc4Cl)C(=O)C2CC2C(=CCC4C(=O)N(CCCCCC(=O)O)C(=O)C42)C3c2cc(OC(F)(F)F)ccc2O)cc1. The number of likely N-dealkylation sites (tertiary alicyclic amines) is 1. The number of nitrogens with one attached hydrogen (secondary N) is 1. The minimum atomic E-state index is -5.12. The van der Waals surface area contributed by atoms with Crippen LogP contribution in [-0.2, 0) is 29.4 Å². The number of allylic oxidation sites excluding steroid dienone is 2. The van der Waals surface area contributed by atoms with E-state index >= 15 is 4.79 Å². The molecule has 12 nitrogen and oxygen atoms in total. The molecule has 3 aromatic rings. The van der Waals surface area contributed by atoms with E-state index in [9.17, 15) is 37.5 Å². The lowest BCUT2D eigenvalue weighted by Gasteiger charge is -2.50. The summed E-state index contributed by atoms with van der Waals surface area (Å²) >= 11 is 12.6. The number of unbranched alkanes of at least 4 members (excludes halogenated alkanes) is 2. The number of carbonyl (C=O) groups is 5. The van der Waals surface area contributed by atoms with Crippen molar-refractivity contribution in [1.29, 1.82) is 0 Å². The molecule has 4 amide bonds. The van der Waals surface area contributed by atoms with Crippen LogP contribution in [0.15, 0.2) is 72.3 Å². The molecule has 2 heterocycles. The molecule has 4 aliphatic rings. The van der Waals surface area contributed by atoms with Gasteiger partial charge in [0.05, 0.1) is 41.0 Å². The first kappa shape index (κ1) is 39.9. The Balaban J connectivity index is 1.40. The number of benzene rings is 3. The van der Waals surface area contributed by atoms with E-state index in [-0.39, 0.29) is 52.7 Å². The maximum absolute atomic E-state index is 15.4. The van der Waals surface area contributed by atoms with Crippen LogP contribution in [0.2, 0.25) is 10.0 Å².